The molecule has 2 aromatic rings. The lowest BCUT2D eigenvalue weighted by atomic mass is 9.79. The second kappa shape index (κ2) is 9.29. The molecule has 0 radical (unpaired) electrons. The Kier molecular flexibility index (Phi) is 6.77. The Morgan fingerprint density at radius 3 is 2.52 bits per heavy atom. The van der Waals surface area contributed by atoms with Crippen molar-refractivity contribution in [3.63, 3.8) is 0 Å². The number of alkyl halides is 2. The van der Waals surface area contributed by atoms with Crippen LogP contribution in [-0.4, -0.2) is 56.4 Å². The van der Waals surface area contributed by atoms with Crippen molar-refractivity contribution < 1.29 is 27.6 Å². The first kappa shape index (κ1) is 24.1. The van der Waals surface area contributed by atoms with Gasteiger partial charge in [-0.05, 0) is 43.7 Å². The van der Waals surface area contributed by atoms with Crippen LogP contribution in [0.2, 0.25) is 0 Å². The van der Waals surface area contributed by atoms with Crippen LogP contribution in [0.1, 0.15) is 31.7 Å². The van der Waals surface area contributed by atoms with E-state index in [9.17, 15) is 14.5 Å². The molecule has 2 N–H and O–H groups in total. The summed E-state index contributed by atoms with van der Waals surface area (Å²) in [4.78, 5) is 14.0. The summed E-state index contributed by atoms with van der Waals surface area (Å²) < 4.78 is 60.2. The number of hydrogen-bond donors (Lipinski definition) is 2. The number of aliphatic hydroxyl groups is 1. The Morgan fingerprint density at radius 1 is 1.21 bits per heavy atom. The molecule has 1 unspecified atom stereocenters. The lowest BCUT2D eigenvalue weighted by Gasteiger charge is -2.40. The van der Waals surface area contributed by atoms with Gasteiger partial charge in [-0.15, -0.1) is 4.72 Å². The minimum atomic E-state index is -3.39. The third-order valence-electron chi connectivity index (χ3n) is 6.57. The molecule has 2 aromatic carbocycles. The quantitative estimate of drug-likeness (QED) is 0.596. The first-order valence-electron chi connectivity index (χ1n) is 11.0. The fourth-order valence-corrected chi connectivity index (χ4v) is 5.32. The summed E-state index contributed by atoms with van der Waals surface area (Å²) in [6.07, 6.45) is 0.837. The normalized spacial score (nSPS) is 24.4. The number of nitrogens with one attached hydrogen (secondary N) is 1. The van der Waals surface area contributed by atoms with Gasteiger partial charge in [0.1, 0.15) is 23.2 Å². The van der Waals surface area contributed by atoms with Crippen LogP contribution in [0.3, 0.4) is 0 Å². The maximum atomic E-state index is 15.5. The average Bonchev–Trinajstić information content (AvgIpc) is 3.03. The number of nitrogens with zero attached hydrogens (tertiary/aromatic N) is 1. The van der Waals surface area contributed by atoms with Gasteiger partial charge in [-0.25, -0.2) is 13.2 Å². The van der Waals surface area contributed by atoms with Crippen molar-refractivity contribution in [3.05, 3.63) is 59.9 Å². The molecule has 5 nitrogen and oxygen atoms in total. The summed E-state index contributed by atoms with van der Waals surface area (Å²) >= 11 is -1.74. The molecule has 1 aliphatic carbocycles. The second-order valence-electron chi connectivity index (χ2n) is 8.73. The van der Waals surface area contributed by atoms with E-state index in [-0.39, 0.29) is 30.6 Å². The number of benzene rings is 2. The summed E-state index contributed by atoms with van der Waals surface area (Å²) in [5, 5.41) is 10.6. The predicted molar refractivity (Wildman–Crippen MR) is 120 cm³/mol. The third-order valence-corrected chi connectivity index (χ3v) is 7.62. The molecule has 2 fully saturated rings. The highest BCUT2D eigenvalue weighted by atomic mass is 32.2. The Labute approximate surface area is 194 Å². The third kappa shape index (κ3) is 4.64. The Hall–Kier alpha value is -2.07. The van der Waals surface area contributed by atoms with Crippen LogP contribution in [0.4, 0.5) is 13.2 Å². The van der Waals surface area contributed by atoms with Gasteiger partial charge in [0.25, 0.3) is 11.8 Å². The topological polar surface area (TPSA) is 75.6 Å². The van der Waals surface area contributed by atoms with E-state index in [4.69, 9.17) is 0 Å². The van der Waals surface area contributed by atoms with Crippen molar-refractivity contribution in [2.24, 2.45) is 0 Å². The molecule has 1 saturated heterocycles. The summed E-state index contributed by atoms with van der Waals surface area (Å²) in [6, 6.07) is 10.8. The van der Waals surface area contributed by atoms with Gasteiger partial charge < -0.3 is 14.6 Å². The highest BCUT2D eigenvalue weighted by Gasteiger charge is 2.60. The number of rotatable bonds is 7. The van der Waals surface area contributed by atoms with E-state index in [1.807, 2.05) is 6.07 Å². The molecule has 1 heterocycles. The zero-order valence-corrected chi connectivity index (χ0v) is 19.1. The van der Waals surface area contributed by atoms with Crippen LogP contribution in [0, 0.1) is 5.82 Å². The van der Waals surface area contributed by atoms with E-state index in [2.05, 4.69) is 4.72 Å². The Bertz CT molecular complexity index is 1000. The molecule has 0 bridgehead atoms. The molecule has 1 amide bonds. The molecule has 2 aliphatic rings. The van der Waals surface area contributed by atoms with Gasteiger partial charge in [-0.1, -0.05) is 48.5 Å². The van der Waals surface area contributed by atoms with Crippen LogP contribution < -0.4 is 4.72 Å². The smallest absolute Gasteiger partial charge is 0.286 e. The van der Waals surface area contributed by atoms with Gasteiger partial charge in [-0.3, -0.25) is 4.79 Å². The maximum Gasteiger partial charge on any atom is 0.286 e. The van der Waals surface area contributed by atoms with Gasteiger partial charge in [-0.2, -0.15) is 0 Å². The molecule has 9 heteroatoms. The second-order valence-corrected chi connectivity index (χ2v) is 10.2. The first-order valence-corrected chi connectivity index (χ1v) is 12.4. The maximum absolute atomic E-state index is 15.5. The minimum Gasteiger partial charge on any atom is -0.598 e. The lowest BCUT2D eigenvalue weighted by Crippen LogP contribution is -2.57. The molecule has 0 spiro atoms. The van der Waals surface area contributed by atoms with E-state index in [1.54, 1.807) is 43.3 Å². The van der Waals surface area contributed by atoms with E-state index in [1.165, 1.54) is 6.07 Å². The fraction of sp³-hybridized carbons (Fsp3) is 0.458. The summed E-state index contributed by atoms with van der Waals surface area (Å²) in [5.74, 6) is -4.61. The highest BCUT2D eigenvalue weighted by molar-refractivity contribution is 7.89. The van der Waals surface area contributed by atoms with Gasteiger partial charge in [0.15, 0.2) is 0 Å². The Morgan fingerprint density at radius 2 is 1.91 bits per heavy atom. The Balaban J connectivity index is 1.70. The van der Waals surface area contributed by atoms with Crippen LogP contribution in [0.5, 0.6) is 0 Å². The van der Waals surface area contributed by atoms with Crippen LogP contribution in [0.15, 0.2) is 48.5 Å². The number of amides is 1. The van der Waals surface area contributed by atoms with Crippen molar-refractivity contribution >= 4 is 17.3 Å². The van der Waals surface area contributed by atoms with Crippen molar-refractivity contribution in [1.29, 1.82) is 0 Å². The average molecular weight is 481 g/mol. The number of carbonyl (C=O) groups is 1. The molecule has 1 saturated carbocycles. The van der Waals surface area contributed by atoms with Crippen LogP contribution in [0.25, 0.3) is 11.1 Å². The molecule has 1 aliphatic heterocycles. The van der Waals surface area contributed by atoms with E-state index in [0.29, 0.717) is 17.5 Å². The van der Waals surface area contributed by atoms with Gasteiger partial charge in [0.05, 0.1) is 12.6 Å². The molecule has 178 valence electrons. The standard InChI is InChI=1S/C24H27F3N2O3S/c1-2-33(32)28-21-19(29(15-24(21,26)27)22(30)23(31)12-7-13-23)14-17-10-6-11-18(20(17)25)16-8-4-3-5-9-16/h3-6,8-11,19,21,28,31H,2,7,12-15H2,1H3/t19-,21+,33?/m0/s1. The summed E-state index contributed by atoms with van der Waals surface area (Å²) in [7, 11) is 0. The molecular formula is C24H27F3N2O3S. The number of halogens is 3. The van der Waals surface area contributed by atoms with Crippen LogP contribution in [-0.2, 0) is 22.6 Å². The zero-order chi connectivity index (χ0) is 23.8. The first-order chi connectivity index (χ1) is 15.7. The van der Waals surface area contributed by atoms with Crippen molar-refractivity contribution in [2.45, 2.75) is 56.2 Å². The predicted octanol–water partition coefficient (Wildman–Crippen LogP) is 3.44. The number of hydrogen-bond acceptors (Lipinski definition) is 4. The zero-order valence-electron chi connectivity index (χ0n) is 18.3. The number of likely N-dealkylation sites (tertiary alicyclic amines) is 1. The van der Waals surface area contributed by atoms with E-state index < -0.39 is 53.2 Å². The van der Waals surface area contributed by atoms with Crippen molar-refractivity contribution in [2.75, 3.05) is 12.3 Å². The summed E-state index contributed by atoms with van der Waals surface area (Å²) in [6.45, 7) is 0.672. The van der Waals surface area contributed by atoms with Gasteiger partial charge >= 0.3 is 0 Å². The molecule has 4 rings (SSSR count). The monoisotopic (exact) mass is 480 g/mol. The molecular weight excluding hydrogens is 453 g/mol. The fourth-order valence-electron chi connectivity index (χ4n) is 4.54. The van der Waals surface area contributed by atoms with Crippen LogP contribution >= 0.6 is 0 Å². The lowest BCUT2D eigenvalue weighted by molar-refractivity contribution is -0.162. The van der Waals surface area contributed by atoms with E-state index in [0.717, 1.165) is 4.90 Å². The molecule has 0 aromatic heterocycles. The van der Waals surface area contributed by atoms with E-state index >= 15 is 13.2 Å². The van der Waals surface area contributed by atoms with Crippen molar-refractivity contribution in [1.82, 2.24) is 9.62 Å². The largest absolute Gasteiger partial charge is 0.598 e. The number of carbonyl (C=O) groups excluding carboxylic acids is 1. The van der Waals surface area contributed by atoms with Gasteiger partial charge in [0.2, 0.25) is 0 Å². The minimum absolute atomic E-state index is 0.106. The molecule has 33 heavy (non-hydrogen) atoms. The highest BCUT2D eigenvalue weighted by Crippen LogP contribution is 2.41. The molecule has 3 atom stereocenters. The summed E-state index contributed by atoms with van der Waals surface area (Å²) in [5.41, 5.74) is -0.522. The van der Waals surface area contributed by atoms with Crippen molar-refractivity contribution in [3.8, 4) is 11.1 Å². The SMILES string of the molecule is CC[S+]([O-])N[C@@H]1[C@H](Cc2cccc(-c3ccccc3)c2F)N(C(=O)C2(O)CCC2)CC1(F)F. The van der Waals surface area contributed by atoms with Gasteiger partial charge in [0, 0.05) is 16.9 Å².